The van der Waals surface area contributed by atoms with Gasteiger partial charge in [-0.25, -0.2) is 4.39 Å². The average molecular weight is 505 g/mol. The zero-order valence-corrected chi connectivity index (χ0v) is 18.6. The van der Waals surface area contributed by atoms with Crippen molar-refractivity contribution in [3.63, 3.8) is 0 Å². The average Bonchev–Trinajstić information content (AvgIpc) is 3.04. The topological polar surface area (TPSA) is 104 Å². The van der Waals surface area contributed by atoms with Crippen molar-refractivity contribution in [2.75, 3.05) is 5.32 Å². The number of anilines is 1. The number of hydrogen-bond donors (Lipinski definition) is 2. The van der Waals surface area contributed by atoms with Crippen LogP contribution in [0, 0.1) is 18.7 Å². The van der Waals surface area contributed by atoms with E-state index in [-0.39, 0.29) is 22.5 Å². The Kier molecular flexibility index (Phi) is 7.02. The van der Waals surface area contributed by atoms with Crippen molar-refractivity contribution in [1.29, 1.82) is 0 Å². The Labute approximate surface area is 195 Å². The number of rotatable bonds is 6. The molecular formula is C22H21F6N3O4. The number of ether oxygens (including phenoxy) is 2. The largest absolute Gasteiger partial charge is 0.434 e. The lowest BCUT2D eigenvalue weighted by molar-refractivity contribution is -0.272. The number of carbonyl (C=O) groups excluding carboxylic acids is 2. The van der Waals surface area contributed by atoms with Crippen LogP contribution in [0.1, 0.15) is 41.4 Å². The Bertz CT molecular complexity index is 1140. The number of nitrogens with two attached hydrogens (primary N) is 1. The summed E-state index contributed by atoms with van der Waals surface area (Å²) < 4.78 is 92.1. The van der Waals surface area contributed by atoms with E-state index in [4.69, 9.17) is 10.5 Å². The fourth-order valence-corrected chi connectivity index (χ4v) is 4.08. The van der Waals surface area contributed by atoms with Gasteiger partial charge in [0.1, 0.15) is 23.4 Å². The van der Waals surface area contributed by atoms with Crippen LogP contribution in [-0.2, 0) is 9.53 Å². The second-order valence-corrected chi connectivity index (χ2v) is 8.21. The number of aromatic nitrogens is 1. The number of nitrogens with zero attached hydrogens (tertiary/aromatic N) is 1. The van der Waals surface area contributed by atoms with Crippen molar-refractivity contribution < 1.29 is 45.4 Å². The summed E-state index contributed by atoms with van der Waals surface area (Å²) in [4.78, 5) is 28.2. The van der Waals surface area contributed by atoms with Gasteiger partial charge in [0.15, 0.2) is 5.60 Å². The Hall–Kier alpha value is -3.35. The number of hydrogen-bond acceptors (Lipinski definition) is 5. The molecule has 2 heterocycles. The van der Waals surface area contributed by atoms with Crippen LogP contribution >= 0.6 is 0 Å². The molecule has 1 aliphatic rings. The van der Waals surface area contributed by atoms with E-state index < -0.39 is 59.7 Å². The molecule has 1 aromatic heterocycles. The van der Waals surface area contributed by atoms with Gasteiger partial charge in [0.05, 0.1) is 0 Å². The second-order valence-electron chi connectivity index (χ2n) is 8.21. The predicted octanol–water partition coefficient (Wildman–Crippen LogP) is 4.31. The minimum absolute atomic E-state index is 0.0197. The van der Waals surface area contributed by atoms with Crippen LogP contribution in [0.2, 0.25) is 0 Å². The van der Waals surface area contributed by atoms with Crippen molar-refractivity contribution in [1.82, 2.24) is 4.98 Å². The van der Waals surface area contributed by atoms with Gasteiger partial charge >= 0.3 is 12.8 Å². The first-order valence-electron chi connectivity index (χ1n) is 10.2. The molecule has 190 valence electrons. The molecule has 1 fully saturated rings. The summed E-state index contributed by atoms with van der Waals surface area (Å²) in [6, 6.07) is 4.23. The fourth-order valence-electron chi connectivity index (χ4n) is 4.08. The van der Waals surface area contributed by atoms with Gasteiger partial charge in [-0.05, 0) is 32.0 Å². The molecule has 1 aromatic carbocycles. The predicted molar refractivity (Wildman–Crippen MR) is 110 cm³/mol. The molecule has 35 heavy (non-hydrogen) atoms. The molecule has 0 bridgehead atoms. The molecular weight excluding hydrogens is 484 g/mol. The fraction of sp³-hybridized carbons (Fsp3) is 0.409. The quantitative estimate of drug-likeness (QED) is 0.570. The molecule has 7 nitrogen and oxygen atoms in total. The maximum Gasteiger partial charge on any atom is 0.417 e. The summed E-state index contributed by atoms with van der Waals surface area (Å²) in [6.07, 6.45) is -5.66. The van der Waals surface area contributed by atoms with E-state index in [1.807, 2.05) is 0 Å². The van der Waals surface area contributed by atoms with Gasteiger partial charge in [-0.15, -0.1) is 0 Å². The van der Waals surface area contributed by atoms with Crippen LogP contribution in [0.3, 0.4) is 0 Å². The van der Waals surface area contributed by atoms with Crippen molar-refractivity contribution in [3.05, 3.63) is 53.1 Å². The maximum atomic E-state index is 14.1. The first-order valence-corrected chi connectivity index (χ1v) is 10.2. The first-order chi connectivity index (χ1) is 16.2. The summed E-state index contributed by atoms with van der Waals surface area (Å²) in [6.45, 7) is -0.401. The van der Waals surface area contributed by atoms with Crippen LogP contribution < -0.4 is 15.8 Å². The molecule has 3 rings (SSSR count). The van der Waals surface area contributed by atoms with E-state index in [1.165, 1.54) is 6.07 Å². The standard InChI is InChI=1S/C22H21F6N3O4/c1-9-13(23)5-4-12(16(9)34-20(24)25)15-10(2)21(3,22(26,27)28)35-17(15)19(33)31-11-6-7-30-14(8-11)18(29)32/h4-8,10,15,17,20H,1-3H3,(H2,29,32)(H,30,31,33)/t10-,15-,17-,21-/m0/s1. The van der Waals surface area contributed by atoms with Gasteiger partial charge in [0.25, 0.3) is 11.8 Å². The summed E-state index contributed by atoms with van der Waals surface area (Å²) in [5.74, 6) is -6.53. The number of pyridine rings is 1. The van der Waals surface area contributed by atoms with Crippen molar-refractivity contribution in [2.45, 2.75) is 51.2 Å². The van der Waals surface area contributed by atoms with E-state index in [2.05, 4.69) is 15.0 Å². The van der Waals surface area contributed by atoms with E-state index in [0.29, 0.717) is 0 Å². The summed E-state index contributed by atoms with van der Waals surface area (Å²) in [5.41, 5.74) is 1.43. The van der Waals surface area contributed by atoms with E-state index in [9.17, 15) is 35.9 Å². The number of nitrogens with one attached hydrogen (secondary N) is 1. The number of halogens is 6. The molecule has 13 heteroatoms. The molecule has 3 N–H and O–H groups in total. The third kappa shape index (κ3) is 4.90. The SMILES string of the molecule is Cc1c(F)ccc([C@H]2[C@@H](C(=O)Nc3ccnc(C(N)=O)c3)O[C@](C)(C(F)(F)F)[C@H]2C)c1OC(F)F. The van der Waals surface area contributed by atoms with Crippen molar-refractivity contribution >= 4 is 17.5 Å². The highest BCUT2D eigenvalue weighted by Gasteiger charge is 2.65. The molecule has 2 aromatic rings. The van der Waals surface area contributed by atoms with Crippen LogP contribution in [0.4, 0.5) is 32.0 Å². The highest BCUT2D eigenvalue weighted by molar-refractivity contribution is 5.97. The third-order valence-electron chi connectivity index (χ3n) is 6.14. The molecule has 0 aliphatic carbocycles. The minimum atomic E-state index is -4.95. The lowest BCUT2D eigenvalue weighted by atomic mass is 9.76. The summed E-state index contributed by atoms with van der Waals surface area (Å²) in [5, 5.41) is 2.33. The van der Waals surface area contributed by atoms with Gasteiger partial charge < -0.3 is 20.5 Å². The van der Waals surface area contributed by atoms with Gasteiger partial charge in [-0.2, -0.15) is 22.0 Å². The highest BCUT2D eigenvalue weighted by atomic mass is 19.4. The van der Waals surface area contributed by atoms with Gasteiger partial charge in [0.2, 0.25) is 0 Å². The molecule has 1 aliphatic heterocycles. The zero-order valence-electron chi connectivity index (χ0n) is 18.6. The van der Waals surface area contributed by atoms with Gasteiger partial charge in [0, 0.05) is 34.8 Å². The Morgan fingerprint density at radius 1 is 1.26 bits per heavy atom. The van der Waals surface area contributed by atoms with Crippen LogP contribution in [0.15, 0.2) is 30.5 Å². The number of benzene rings is 1. The Balaban J connectivity index is 2.10. The van der Waals surface area contributed by atoms with Crippen LogP contribution in [0.5, 0.6) is 5.75 Å². The maximum absolute atomic E-state index is 14.1. The van der Waals surface area contributed by atoms with E-state index >= 15 is 0 Å². The summed E-state index contributed by atoms with van der Waals surface area (Å²) >= 11 is 0. The molecule has 0 unspecified atom stereocenters. The van der Waals surface area contributed by atoms with E-state index in [1.54, 1.807) is 0 Å². The Morgan fingerprint density at radius 3 is 2.49 bits per heavy atom. The molecule has 0 radical (unpaired) electrons. The molecule has 2 amide bonds. The third-order valence-corrected chi connectivity index (χ3v) is 6.14. The molecule has 0 saturated carbocycles. The monoisotopic (exact) mass is 505 g/mol. The second kappa shape index (κ2) is 9.36. The molecule has 4 atom stereocenters. The molecule has 1 saturated heterocycles. The molecule has 0 spiro atoms. The number of carbonyl (C=O) groups is 2. The van der Waals surface area contributed by atoms with Gasteiger partial charge in [-0.3, -0.25) is 14.6 Å². The number of primary amides is 1. The highest BCUT2D eigenvalue weighted by Crippen LogP contribution is 2.55. The zero-order chi connectivity index (χ0) is 26.3. The summed E-state index contributed by atoms with van der Waals surface area (Å²) in [7, 11) is 0. The minimum Gasteiger partial charge on any atom is -0.434 e. The normalized spacial score (nSPS) is 24.5. The number of amides is 2. The smallest absolute Gasteiger partial charge is 0.417 e. The van der Waals surface area contributed by atoms with Crippen LogP contribution in [0.25, 0.3) is 0 Å². The first kappa shape index (κ1) is 26.3. The van der Waals surface area contributed by atoms with Crippen molar-refractivity contribution in [3.8, 4) is 5.75 Å². The Morgan fingerprint density at radius 2 is 1.91 bits per heavy atom. The van der Waals surface area contributed by atoms with Gasteiger partial charge in [-0.1, -0.05) is 13.0 Å². The lowest BCUT2D eigenvalue weighted by Crippen LogP contribution is -2.47. The lowest BCUT2D eigenvalue weighted by Gasteiger charge is -2.32. The van der Waals surface area contributed by atoms with Crippen LogP contribution in [-0.4, -0.2) is 41.3 Å². The number of alkyl halides is 5. The van der Waals surface area contributed by atoms with Crippen molar-refractivity contribution in [2.24, 2.45) is 11.7 Å². The van der Waals surface area contributed by atoms with E-state index in [0.717, 1.165) is 45.2 Å².